The highest BCUT2D eigenvalue weighted by Gasteiger charge is 2.19. The zero-order valence-electron chi connectivity index (χ0n) is 47.1. The highest BCUT2D eigenvalue weighted by atomic mass is 16.6. The van der Waals surface area contributed by atoms with Crippen LogP contribution in [0.4, 0.5) is 0 Å². The predicted molar refractivity (Wildman–Crippen MR) is 298 cm³/mol. The first-order chi connectivity index (χ1) is 34.0. The summed E-state index contributed by atoms with van der Waals surface area (Å²) in [6.07, 6.45) is 67.1. The molecule has 6 heteroatoms. The maximum Gasteiger partial charge on any atom is 0.306 e. The van der Waals surface area contributed by atoms with E-state index in [1.807, 2.05) is 0 Å². The molecule has 0 aliphatic carbocycles. The minimum atomic E-state index is -0.760. The minimum Gasteiger partial charge on any atom is -0.462 e. The van der Waals surface area contributed by atoms with E-state index >= 15 is 0 Å². The molecule has 0 aliphatic rings. The maximum atomic E-state index is 12.8. The van der Waals surface area contributed by atoms with Crippen molar-refractivity contribution < 1.29 is 28.6 Å². The van der Waals surface area contributed by atoms with E-state index in [4.69, 9.17) is 14.2 Å². The summed E-state index contributed by atoms with van der Waals surface area (Å²) in [6.45, 7) is 6.68. The van der Waals surface area contributed by atoms with Crippen molar-refractivity contribution in [2.45, 2.75) is 374 Å². The molecule has 0 aromatic heterocycles. The van der Waals surface area contributed by atoms with Crippen molar-refractivity contribution in [3.05, 3.63) is 0 Å². The molecule has 0 aliphatic heterocycles. The molecule has 0 saturated heterocycles. The number of hydrogen-bond acceptors (Lipinski definition) is 6. The van der Waals surface area contributed by atoms with Crippen LogP contribution < -0.4 is 0 Å². The van der Waals surface area contributed by atoms with Gasteiger partial charge in [-0.1, -0.05) is 329 Å². The molecule has 0 saturated carbocycles. The van der Waals surface area contributed by atoms with Crippen molar-refractivity contribution in [2.24, 2.45) is 0 Å². The molecule has 0 spiro atoms. The number of ether oxygens (including phenoxy) is 3. The number of esters is 3. The highest BCUT2D eigenvalue weighted by Crippen LogP contribution is 2.18. The second-order valence-corrected chi connectivity index (χ2v) is 21.7. The van der Waals surface area contributed by atoms with E-state index in [9.17, 15) is 14.4 Å². The lowest BCUT2D eigenvalue weighted by Crippen LogP contribution is -2.30. The lowest BCUT2D eigenvalue weighted by molar-refractivity contribution is -0.167. The zero-order chi connectivity index (χ0) is 50.0. The van der Waals surface area contributed by atoms with Gasteiger partial charge in [0, 0.05) is 19.3 Å². The third kappa shape index (κ3) is 57.2. The molecule has 6 nitrogen and oxygen atoms in total. The van der Waals surface area contributed by atoms with Crippen LogP contribution in [-0.2, 0) is 28.6 Å². The minimum absolute atomic E-state index is 0.0616. The Morgan fingerprint density at radius 1 is 0.232 bits per heavy atom. The van der Waals surface area contributed by atoms with Crippen LogP contribution in [0.5, 0.6) is 0 Å². The van der Waals surface area contributed by atoms with E-state index in [0.717, 1.165) is 57.8 Å². The summed E-state index contributed by atoms with van der Waals surface area (Å²) in [5, 5.41) is 0. The van der Waals surface area contributed by atoms with Gasteiger partial charge in [-0.05, 0) is 19.3 Å². The van der Waals surface area contributed by atoms with Crippen molar-refractivity contribution in [3.63, 3.8) is 0 Å². The average molecular weight is 976 g/mol. The van der Waals surface area contributed by atoms with Gasteiger partial charge in [-0.2, -0.15) is 0 Å². The smallest absolute Gasteiger partial charge is 0.306 e. The van der Waals surface area contributed by atoms with E-state index in [0.29, 0.717) is 19.3 Å². The van der Waals surface area contributed by atoms with Crippen LogP contribution in [-0.4, -0.2) is 37.2 Å². The van der Waals surface area contributed by atoms with E-state index in [2.05, 4.69) is 20.8 Å². The largest absolute Gasteiger partial charge is 0.462 e. The lowest BCUT2D eigenvalue weighted by atomic mass is 10.0. The first-order valence-corrected chi connectivity index (χ1v) is 31.5. The van der Waals surface area contributed by atoms with Crippen LogP contribution >= 0.6 is 0 Å². The van der Waals surface area contributed by atoms with Gasteiger partial charge in [0.05, 0.1) is 0 Å². The fraction of sp³-hybridized carbons (Fsp3) is 0.952. The Morgan fingerprint density at radius 3 is 0.580 bits per heavy atom. The lowest BCUT2D eigenvalue weighted by Gasteiger charge is -2.18. The molecule has 0 fully saturated rings. The van der Waals surface area contributed by atoms with Crippen molar-refractivity contribution >= 4 is 17.9 Å². The summed E-state index contributed by atoms with van der Waals surface area (Å²) in [6, 6.07) is 0. The van der Waals surface area contributed by atoms with Crippen molar-refractivity contribution in [3.8, 4) is 0 Å². The Hall–Kier alpha value is -1.59. The highest BCUT2D eigenvalue weighted by molar-refractivity contribution is 5.71. The van der Waals surface area contributed by atoms with Gasteiger partial charge in [-0.25, -0.2) is 0 Å². The molecule has 0 rings (SSSR count). The zero-order valence-corrected chi connectivity index (χ0v) is 47.1. The van der Waals surface area contributed by atoms with Crippen LogP contribution in [0.25, 0.3) is 0 Å². The van der Waals surface area contributed by atoms with Crippen LogP contribution in [0, 0.1) is 0 Å². The van der Waals surface area contributed by atoms with Gasteiger partial charge in [-0.3, -0.25) is 14.4 Å². The number of carbonyl (C=O) groups excluding carboxylic acids is 3. The molecule has 0 bridgehead atoms. The van der Waals surface area contributed by atoms with Gasteiger partial charge < -0.3 is 14.2 Å². The number of carbonyl (C=O) groups is 3. The van der Waals surface area contributed by atoms with Gasteiger partial charge >= 0.3 is 17.9 Å². The fourth-order valence-corrected chi connectivity index (χ4v) is 9.86. The summed E-state index contributed by atoms with van der Waals surface area (Å²) in [5.41, 5.74) is 0. The number of unbranched alkanes of at least 4 members (excludes halogenated alkanes) is 48. The van der Waals surface area contributed by atoms with Gasteiger partial charge in [0.2, 0.25) is 0 Å². The van der Waals surface area contributed by atoms with E-state index < -0.39 is 6.10 Å². The topological polar surface area (TPSA) is 78.9 Å². The van der Waals surface area contributed by atoms with Gasteiger partial charge in [0.1, 0.15) is 13.2 Å². The number of hydrogen-bond donors (Lipinski definition) is 0. The molecule has 0 heterocycles. The SMILES string of the molecule is CCCCCCCCCCCCCCCCCCCCCCCCCC(=O)OCC(COC(=O)CCCCCCCCC)OC(=O)CCCCCCCCCCCCCCCCCCCCCCC. The maximum absolute atomic E-state index is 12.8. The molecule has 69 heavy (non-hydrogen) atoms. The summed E-state index contributed by atoms with van der Waals surface area (Å²) >= 11 is 0. The second-order valence-electron chi connectivity index (χ2n) is 21.7. The molecule has 1 atom stereocenters. The van der Waals surface area contributed by atoms with Crippen LogP contribution in [0.3, 0.4) is 0 Å². The molecule has 0 aromatic carbocycles. The Balaban J connectivity index is 4.06. The normalized spacial score (nSPS) is 11.9. The quantitative estimate of drug-likeness (QED) is 0.0343. The molecule has 0 N–H and O–H groups in total. The standard InChI is InChI=1S/C63H122O6/c1-4-7-10-13-16-18-20-22-24-26-28-30-31-33-34-36-38-40-42-44-47-50-53-56-62(65)68-59-60(58-67-61(64)55-52-49-46-15-12-9-6-3)69-63(66)57-54-51-48-45-43-41-39-37-35-32-29-27-25-23-21-19-17-14-11-8-5-2/h60H,4-59H2,1-3H3. The van der Waals surface area contributed by atoms with Crippen LogP contribution in [0.2, 0.25) is 0 Å². The fourth-order valence-electron chi connectivity index (χ4n) is 9.86. The average Bonchev–Trinajstić information content (AvgIpc) is 3.35. The van der Waals surface area contributed by atoms with Gasteiger partial charge in [0.15, 0.2) is 6.10 Å². The summed E-state index contributed by atoms with van der Waals surface area (Å²) in [5.74, 6) is -0.838. The van der Waals surface area contributed by atoms with Crippen molar-refractivity contribution in [2.75, 3.05) is 13.2 Å². The molecule has 0 amide bonds. The first-order valence-electron chi connectivity index (χ1n) is 31.5. The van der Waals surface area contributed by atoms with Gasteiger partial charge in [0.25, 0.3) is 0 Å². The van der Waals surface area contributed by atoms with Crippen molar-refractivity contribution in [1.82, 2.24) is 0 Å². The molecule has 0 radical (unpaired) electrons. The second kappa shape index (κ2) is 59.0. The van der Waals surface area contributed by atoms with Crippen LogP contribution in [0.15, 0.2) is 0 Å². The Kier molecular flexibility index (Phi) is 57.6. The molecular weight excluding hydrogens is 853 g/mol. The van der Waals surface area contributed by atoms with Crippen LogP contribution in [0.1, 0.15) is 367 Å². The van der Waals surface area contributed by atoms with E-state index in [1.165, 1.54) is 270 Å². The third-order valence-corrected chi connectivity index (χ3v) is 14.6. The summed E-state index contributed by atoms with van der Waals surface area (Å²) < 4.78 is 16.8. The first kappa shape index (κ1) is 67.4. The Morgan fingerprint density at radius 2 is 0.391 bits per heavy atom. The molecular formula is C63H122O6. The molecule has 410 valence electrons. The number of rotatable bonds is 59. The summed E-state index contributed by atoms with van der Waals surface area (Å²) in [7, 11) is 0. The molecule has 0 aromatic rings. The third-order valence-electron chi connectivity index (χ3n) is 14.6. The summed E-state index contributed by atoms with van der Waals surface area (Å²) in [4.78, 5) is 38.0. The Bertz CT molecular complexity index is 1030. The van der Waals surface area contributed by atoms with E-state index in [1.54, 1.807) is 0 Å². The predicted octanol–water partition coefficient (Wildman–Crippen LogP) is 21.1. The molecule has 1 unspecified atom stereocenters. The van der Waals surface area contributed by atoms with Gasteiger partial charge in [-0.15, -0.1) is 0 Å². The Labute approximate surface area is 431 Å². The van der Waals surface area contributed by atoms with Crippen molar-refractivity contribution in [1.29, 1.82) is 0 Å². The monoisotopic (exact) mass is 975 g/mol. The van der Waals surface area contributed by atoms with E-state index in [-0.39, 0.29) is 31.1 Å².